The van der Waals surface area contributed by atoms with Gasteiger partial charge >= 0.3 is 5.97 Å². The van der Waals surface area contributed by atoms with E-state index in [1.54, 1.807) is 0 Å². The van der Waals surface area contributed by atoms with Crippen molar-refractivity contribution in [2.24, 2.45) is 0 Å². The van der Waals surface area contributed by atoms with Crippen LogP contribution < -0.4 is 0 Å². The van der Waals surface area contributed by atoms with Gasteiger partial charge in [0.15, 0.2) is 0 Å². The topological polar surface area (TPSA) is 49.8 Å². The molecule has 0 radical (unpaired) electrons. The fourth-order valence-corrected chi connectivity index (χ4v) is 0.635. The molecule has 0 bridgehead atoms. The van der Waals surface area contributed by atoms with E-state index in [0.717, 1.165) is 6.42 Å². The highest BCUT2D eigenvalue weighted by atomic mass is 16.7. The van der Waals surface area contributed by atoms with E-state index < -0.39 is 5.97 Å². The summed E-state index contributed by atoms with van der Waals surface area (Å²) in [5, 5.41) is 9.73. The van der Waals surface area contributed by atoms with Crippen molar-refractivity contribution in [3.63, 3.8) is 0 Å². The summed E-state index contributed by atoms with van der Waals surface area (Å²) in [5.74, 6) is -0.865. The largest absolute Gasteiger partial charge is 0.480 e. The Morgan fingerprint density at radius 2 is 2.18 bits per heavy atom. The zero-order valence-electron chi connectivity index (χ0n) is 6.33. The Bertz CT molecular complexity index is 110. The van der Waals surface area contributed by atoms with Gasteiger partial charge in [0.05, 0.1) is 15.5 Å². The molecule has 0 aliphatic rings. The SMILES string of the molecule is B.CCCN(CC(=O)O)OC. The summed E-state index contributed by atoms with van der Waals surface area (Å²) in [7, 11) is 1.47. The standard InChI is InChI=1S/C6H13NO3.BH3/c1-3-4-7(10-2)5-6(8)9;/h3-5H2,1-2H3,(H,8,9);1H3. The normalized spacial score (nSPS) is 9.36. The van der Waals surface area contributed by atoms with Crippen molar-refractivity contribution in [1.29, 1.82) is 0 Å². The van der Waals surface area contributed by atoms with Gasteiger partial charge < -0.3 is 9.94 Å². The van der Waals surface area contributed by atoms with Gasteiger partial charge in [-0.1, -0.05) is 6.92 Å². The Morgan fingerprint density at radius 3 is 2.45 bits per heavy atom. The Balaban J connectivity index is 0. The molecular weight excluding hydrogens is 145 g/mol. The van der Waals surface area contributed by atoms with E-state index in [4.69, 9.17) is 9.94 Å². The molecule has 4 nitrogen and oxygen atoms in total. The van der Waals surface area contributed by atoms with Crippen LogP contribution in [0, 0.1) is 0 Å². The average Bonchev–Trinajstić information content (AvgIpc) is 1.86. The molecule has 0 fully saturated rings. The first-order chi connectivity index (χ1) is 4.70. The van der Waals surface area contributed by atoms with Crippen molar-refractivity contribution in [3.8, 4) is 0 Å². The van der Waals surface area contributed by atoms with E-state index in [-0.39, 0.29) is 15.0 Å². The number of hydrogen-bond donors (Lipinski definition) is 1. The molecule has 0 aromatic heterocycles. The molecule has 0 aliphatic heterocycles. The van der Waals surface area contributed by atoms with Gasteiger partial charge in [0.1, 0.15) is 6.54 Å². The van der Waals surface area contributed by atoms with Gasteiger partial charge in [0.2, 0.25) is 0 Å². The summed E-state index contributed by atoms with van der Waals surface area (Å²) in [6.45, 7) is 2.57. The van der Waals surface area contributed by atoms with Crippen LogP contribution >= 0.6 is 0 Å². The van der Waals surface area contributed by atoms with Gasteiger partial charge in [-0.3, -0.25) is 4.79 Å². The van der Waals surface area contributed by atoms with Crippen molar-refractivity contribution in [3.05, 3.63) is 0 Å². The van der Waals surface area contributed by atoms with Crippen LogP contribution in [0.25, 0.3) is 0 Å². The fourth-order valence-electron chi connectivity index (χ4n) is 0.635. The number of nitrogens with zero attached hydrogens (tertiary/aromatic N) is 1. The second-order valence-electron chi connectivity index (χ2n) is 1.94. The van der Waals surface area contributed by atoms with E-state index in [1.165, 1.54) is 12.2 Å². The van der Waals surface area contributed by atoms with Crippen molar-refractivity contribution < 1.29 is 14.7 Å². The van der Waals surface area contributed by atoms with Crippen molar-refractivity contribution >= 4 is 14.4 Å². The van der Waals surface area contributed by atoms with Gasteiger partial charge in [-0.25, -0.2) is 0 Å². The minimum Gasteiger partial charge on any atom is -0.480 e. The third-order valence-electron chi connectivity index (χ3n) is 1.04. The molecule has 0 rings (SSSR count). The van der Waals surface area contributed by atoms with Gasteiger partial charge in [-0.05, 0) is 6.42 Å². The Labute approximate surface area is 68.7 Å². The summed E-state index contributed by atoms with van der Waals surface area (Å²) >= 11 is 0. The fraction of sp³-hybridized carbons (Fsp3) is 0.833. The molecule has 0 aromatic carbocycles. The second kappa shape index (κ2) is 7.56. The van der Waals surface area contributed by atoms with E-state index >= 15 is 0 Å². The molecular formula is C6H16BNO3. The number of carboxylic acid groups (broad SMARTS) is 1. The van der Waals surface area contributed by atoms with Crippen LogP contribution in [-0.4, -0.2) is 44.8 Å². The first kappa shape index (κ1) is 13.1. The molecule has 0 saturated heterocycles. The summed E-state index contributed by atoms with van der Waals surface area (Å²) in [5.41, 5.74) is 0. The number of hydroxylamine groups is 2. The van der Waals surface area contributed by atoms with E-state index in [9.17, 15) is 4.79 Å². The smallest absolute Gasteiger partial charge is 0.320 e. The lowest BCUT2D eigenvalue weighted by Gasteiger charge is -2.15. The van der Waals surface area contributed by atoms with Crippen LogP contribution in [0.1, 0.15) is 13.3 Å². The van der Waals surface area contributed by atoms with E-state index in [1.807, 2.05) is 6.92 Å². The molecule has 0 amide bonds. The third-order valence-corrected chi connectivity index (χ3v) is 1.04. The van der Waals surface area contributed by atoms with Gasteiger partial charge in [-0.2, -0.15) is 5.06 Å². The second-order valence-corrected chi connectivity index (χ2v) is 1.94. The first-order valence-corrected chi connectivity index (χ1v) is 3.21. The number of aliphatic carboxylic acids is 1. The molecule has 0 atom stereocenters. The predicted molar refractivity (Wildman–Crippen MR) is 46.4 cm³/mol. The summed E-state index contributed by atoms with van der Waals surface area (Å²) in [4.78, 5) is 14.9. The highest BCUT2D eigenvalue weighted by molar-refractivity contribution is 5.75. The van der Waals surface area contributed by atoms with Crippen molar-refractivity contribution in [1.82, 2.24) is 5.06 Å². The first-order valence-electron chi connectivity index (χ1n) is 3.21. The molecule has 5 heteroatoms. The van der Waals surface area contributed by atoms with Crippen LogP contribution in [0.2, 0.25) is 0 Å². The molecule has 66 valence electrons. The molecule has 0 aromatic rings. The van der Waals surface area contributed by atoms with E-state index in [2.05, 4.69) is 0 Å². The third kappa shape index (κ3) is 7.35. The van der Waals surface area contributed by atoms with Crippen LogP contribution in [0.5, 0.6) is 0 Å². The minimum atomic E-state index is -0.865. The molecule has 0 aliphatic carbocycles. The zero-order chi connectivity index (χ0) is 7.98. The quantitative estimate of drug-likeness (QED) is 0.422. The van der Waals surface area contributed by atoms with E-state index in [0.29, 0.717) is 6.54 Å². The lowest BCUT2D eigenvalue weighted by Crippen LogP contribution is -2.29. The number of carbonyl (C=O) groups is 1. The monoisotopic (exact) mass is 161 g/mol. The molecule has 0 unspecified atom stereocenters. The number of carboxylic acids is 1. The van der Waals surface area contributed by atoms with Crippen LogP contribution in [0.3, 0.4) is 0 Å². The molecule has 0 saturated carbocycles. The lowest BCUT2D eigenvalue weighted by atomic mass is 10.4. The molecule has 0 heterocycles. The summed E-state index contributed by atoms with van der Waals surface area (Å²) < 4.78 is 0. The van der Waals surface area contributed by atoms with Crippen molar-refractivity contribution in [2.45, 2.75) is 13.3 Å². The maximum absolute atomic E-state index is 10.1. The minimum absolute atomic E-state index is 0. The highest BCUT2D eigenvalue weighted by Gasteiger charge is 2.05. The van der Waals surface area contributed by atoms with Gasteiger partial charge in [0.25, 0.3) is 0 Å². The van der Waals surface area contributed by atoms with Crippen LogP contribution in [0.4, 0.5) is 0 Å². The Morgan fingerprint density at radius 1 is 1.64 bits per heavy atom. The molecule has 0 spiro atoms. The molecule has 11 heavy (non-hydrogen) atoms. The number of rotatable bonds is 5. The van der Waals surface area contributed by atoms with Gasteiger partial charge in [0, 0.05) is 6.54 Å². The zero-order valence-corrected chi connectivity index (χ0v) is 6.33. The number of hydrogen-bond acceptors (Lipinski definition) is 3. The maximum atomic E-state index is 10.1. The summed E-state index contributed by atoms with van der Waals surface area (Å²) in [6.07, 6.45) is 0.890. The Hall–Kier alpha value is -0.545. The maximum Gasteiger partial charge on any atom is 0.320 e. The lowest BCUT2D eigenvalue weighted by molar-refractivity contribution is -0.163. The predicted octanol–water partition coefficient (Wildman–Crippen LogP) is -0.839. The Kier molecular flexibility index (Phi) is 8.99. The average molecular weight is 161 g/mol. The van der Waals surface area contributed by atoms with Crippen molar-refractivity contribution in [2.75, 3.05) is 20.2 Å². The van der Waals surface area contributed by atoms with Gasteiger partial charge in [-0.15, -0.1) is 0 Å². The van der Waals surface area contributed by atoms with Crippen LogP contribution in [0.15, 0.2) is 0 Å². The van der Waals surface area contributed by atoms with Crippen LogP contribution in [-0.2, 0) is 9.63 Å². The summed E-state index contributed by atoms with van der Waals surface area (Å²) in [6, 6.07) is 0. The highest BCUT2D eigenvalue weighted by Crippen LogP contribution is 1.89. The molecule has 1 N–H and O–H groups in total.